The van der Waals surface area contributed by atoms with Gasteiger partial charge in [-0.3, -0.25) is 9.69 Å². The zero-order valence-corrected chi connectivity index (χ0v) is 18.8. The maximum Gasteiger partial charge on any atom is 0.265 e. The van der Waals surface area contributed by atoms with Crippen molar-refractivity contribution in [3.63, 3.8) is 0 Å². The van der Waals surface area contributed by atoms with Gasteiger partial charge in [-0.05, 0) is 43.9 Å². The largest absolute Gasteiger partial charge is 0.482 e. The van der Waals surface area contributed by atoms with Crippen molar-refractivity contribution in [2.24, 2.45) is 0 Å². The molecule has 1 aromatic carbocycles. The molecule has 2 saturated carbocycles. The highest BCUT2D eigenvalue weighted by atomic mass is 32.2. The first-order chi connectivity index (χ1) is 15.5. The fourth-order valence-corrected chi connectivity index (χ4v) is 5.83. The van der Waals surface area contributed by atoms with Crippen LogP contribution in [0.15, 0.2) is 27.6 Å². The van der Waals surface area contributed by atoms with Gasteiger partial charge >= 0.3 is 0 Å². The minimum Gasteiger partial charge on any atom is -0.482 e. The Morgan fingerprint density at radius 3 is 2.56 bits per heavy atom. The number of aromatic nitrogens is 2. The van der Waals surface area contributed by atoms with E-state index in [9.17, 15) is 13.2 Å². The molecule has 5 rings (SSSR count). The van der Waals surface area contributed by atoms with E-state index in [2.05, 4.69) is 14.9 Å². The van der Waals surface area contributed by atoms with E-state index in [-0.39, 0.29) is 30.0 Å². The van der Waals surface area contributed by atoms with E-state index >= 15 is 0 Å². The predicted octanol–water partition coefficient (Wildman–Crippen LogP) is 3.26. The van der Waals surface area contributed by atoms with Gasteiger partial charge in [0.05, 0.1) is 17.1 Å². The second-order valence-corrected chi connectivity index (χ2v) is 10.6. The average Bonchev–Trinajstić information content (AvgIpc) is 3.02. The maximum absolute atomic E-state index is 13.1. The summed E-state index contributed by atoms with van der Waals surface area (Å²) in [5.41, 5.74) is 0.403. The van der Waals surface area contributed by atoms with Crippen molar-refractivity contribution in [1.29, 1.82) is 0 Å². The van der Waals surface area contributed by atoms with Gasteiger partial charge in [-0.15, -0.1) is 0 Å². The van der Waals surface area contributed by atoms with Gasteiger partial charge in [-0.1, -0.05) is 37.3 Å². The highest BCUT2D eigenvalue weighted by Crippen LogP contribution is 2.37. The van der Waals surface area contributed by atoms with Crippen LogP contribution in [0, 0.1) is 0 Å². The molecule has 0 atom stereocenters. The number of benzene rings is 1. The van der Waals surface area contributed by atoms with Crippen LogP contribution in [-0.4, -0.2) is 37.1 Å². The second-order valence-electron chi connectivity index (χ2n) is 8.88. The van der Waals surface area contributed by atoms with Crippen molar-refractivity contribution >= 4 is 21.6 Å². The molecule has 1 amide bonds. The second kappa shape index (κ2) is 8.82. The summed E-state index contributed by atoms with van der Waals surface area (Å²) < 4.78 is 39.9. The monoisotopic (exact) mass is 460 g/mol. The molecule has 2 fully saturated rings. The van der Waals surface area contributed by atoms with Crippen molar-refractivity contribution in [1.82, 2.24) is 14.9 Å². The van der Waals surface area contributed by atoms with Crippen molar-refractivity contribution in [3.05, 3.63) is 29.9 Å². The van der Waals surface area contributed by atoms with E-state index in [0.29, 0.717) is 29.1 Å². The maximum atomic E-state index is 13.1. The number of nitrogens with one attached hydrogen (secondary N) is 1. The number of ether oxygens (including phenoxy) is 1. The minimum atomic E-state index is -3.72. The van der Waals surface area contributed by atoms with Gasteiger partial charge in [0.15, 0.2) is 12.4 Å². The molecule has 2 heterocycles. The normalized spacial score (nSPS) is 20.4. The van der Waals surface area contributed by atoms with E-state index < -0.39 is 10.0 Å². The van der Waals surface area contributed by atoms with Crippen LogP contribution in [0.5, 0.6) is 5.75 Å². The number of sulfonamides is 1. The van der Waals surface area contributed by atoms with Crippen LogP contribution in [0.4, 0.5) is 5.69 Å². The molecule has 0 saturated heterocycles. The van der Waals surface area contributed by atoms with Crippen LogP contribution in [0.1, 0.15) is 75.4 Å². The molecule has 9 nitrogen and oxygen atoms in total. The molecule has 0 unspecified atom stereocenters. The molecular weight excluding hydrogens is 432 g/mol. The zero-order chi connectivity index (χ0) is 22.1. The summed E-state index contributed by atoms with van der Waals surface area (Å²) >= 11 is 0. The lowest BCUT2D eigenvalue weighted by atomic mass is 9.85. The Kier molecular flexibility index (Phi) is 5.90. The number of hydrogen-bond acceptors (Lipinski definition) is 7. The molecule has 1 N–H and O–H groups in total. The number of nitrogens with zero attached hydrogens (tertiary/aromatic N) is 3. The fourth-order valence-electron chi connectivity index (χ4n) is 4.50. The summed E-state index contributed by atoms with van der Waals surface area (Å²) in [5, 5.41) is 4.03. The number of anilines is 1. The van der Waals surface area contributed by atoms with Crippen LogP contribution in [0.25, 0.3) is 0 Å². The van der Waals surface area contributed by atoms with Gasteiger partial charge in [0.2, 0.25) is 15.9 Å². The van der Waals surface area contributed by atoms with Gasteiger partial charge in [-0.25, -0.2) is 13.1 Å². The molecule has 2 aromatic rings. The molecule has 2 aliphatic carbocycles. The fraction of sp³-hybridized carbons (Fsp3) is 0.591. The molecule has 0 radical (unpaired) electrons. The zero-order valence-electron chi connectivity index (χ0n) is 18.0. The summed E-state index contributed by atoms with van der Waals surface area (Å²) in [6.45, 7) is -0.0161. The smallest absolute Gasteiger partial charge is 0.265 e. The van der Waals surface area contributed by atoms with Gasteiger partial charge in [0, 0.05) is 12.0 Å². The highest BCUT2D eigenvalue weighted by Gasteiger charge is 2.31. The molecule has 3 aliphatic rings. The SMILES string of the molecule is O=C1COc2ccc(S(=O)(=O)NC3CCCCCC3)cc2N1Cc1noc(C2CCC2)n1. The first-order valence-electron chi connectivity index (χ1n) is 11.4. The first kappa shape index (κ1) is 21.4. The van der Waals surface area contributed by atoms with Crippen molar-refractivity contribution in [2.75, 3.05) is 11.5 Å². The molecular formula is C22H28N4O5S. The third-order valence-electron chi connectivity index (χ3n) is 6.60. The van der Waals surface area contributed by atoms with Crippen LogP contribution >= 0.6 is 0 Å². The van der Waals surface area contributed by atoms with Gasteiger partial charge < -0.3 is 9.26 Å². The topological polar surface area (TPSA) is 115 Å². The lowest BCUT2D eigenvalue weighted by Crippen LogP contribution is -2.39. The van der Waals surface area contributed by atoms with E-state index in [4.69, 9.17) is 9.26 Å². The molecule has 10 heteroatoms. The number of hydrogen-bond donors (Lipinski definition) is 1. The third kappa shape index (κ3) is 4.38. The summed E-state index contributed by atoms with van der Waals surface area (Å²) in [7, 11) is -3.72. The lowest BCUT2D eigenvalue weighted by molar-refractivity contribution is -0.121. The lowest BCUT2D eigenvalue weighted by Gasteiger charge is -2.29. The Morgan fingerprint density at radius 2 is 1.84 bits per heavy atom. The summed E-state index contributed by atoms with van der Waals surface area (Å²) in [5.74, 6) is 1.49. The molecule has 172 valence electrons. The van der Waals surface area contributed by atoms with E-state index in [0.717, 1.165) is 57.8 Å². The molecule has 0 bridgehead atoms. The summed E-state index contributed by atoms with van der Waals surface area (Å²) in [4.78, 5) is 18.7. The van der Waals surface area contributed by atoms with Crippen molar-refractivity contribution in [3.8, 4) is 5.75 Å². The van der Waals surface area contributed by atoms with Gasteiger partial charge in [-0.2, -0.15) is 4.98 Å². The van der Waals surface area contributed by atoms with Crippen molar-refractivity contribution < 1.29 is 22.5 Å². The molecule has 1 aliphatic heterocycles. The molecule has 32 heavy (non-hydrogen) atoms. The van der Waals surface area contributed by atoms with Crippen LogP contribution in [-0.2, 0) is 21.4 Å². The number of amides is 1. The van der Waals surface area contributed by atoms with Crippen LogP contribution in [0.2, 0.25) is 0 Å². The summed E-state index contributed by atoms with van der Waals surface area (Å²) in [6, 6.07) is 4.57. The van der Waals surface area contributed by atoms with Gasteiger partial charge in [0.25, 0.3) is 5.91 Å². The molecule has 1 aromatic heterocycles. The van der Waals surface area contributed by atoms with Crippen LogP contribution < -0.4 is 14.4 Å². The van der Waals surface area contributed by atoms with E-state index in [1.165, 1.54) is 17.0 Å². The predicted molar refractivity (Wildman–Crippen MR) is 116 cm³/mol. The van der Waals surface area contributed by atoms with E-state index in [1.54, 1.807) is 6.07 Å². The van der Waals surface area contributed by atoms with Gasteiger partial charge in [0.1, 0.15) is 5.75 Å². The Balaban J connectivity index is 1.38. The quantitative estimate of drug-likeness (QED) is 0.658. The Hall–Kier alpha value is -2.46. The number of carbonyl (C=O) groups is 1. The number of fused-ring (bicyclic) bond motifs is 1. The van der Waals surface area contributed by atoms with E-state index in [1.807, 2.05) is 0 Å². The highest BCUT2D eigenvalue weighted by molar-refractivity contribution is 7.89. The first-order valence-corrected chi connectivity index (χ1v) is 12.9. The van der Waals surface area contributed by atoms with Crippen LogP contribution in [0.3, 0.4) is 0 Å². The summed E-state index contributed by atoms with van der Waals surface area (Å²) in [6.07, 6.45) is 9.27. The molecule has 0 spiro atoms. The standard InChI is InChI=1S/C22H28N4O5S/c27-21-14-30-19-11-10-17(32(28,29)25-16-8-3-1-2-4-9-16)12-18(19)26(21)13-20-23-22(31-24-20)15-6-5-7-15/h10-12,15-16,25H,1-9,13-14H2. The Labute approximate surface area is 187 Å². The number of rotatable bonds is 6. The third-order valence-corrected chi connectivity index (χ3v) is 8.12. The Morgan fingerprint density at radius 1 is 1.06 bits per heavy atom. The Bertz CT molecular complexity index is 1090. The number of carbonyl (C=O) groups excluding carboxylic acids is 1. The van der Waals surface area contributed by atoms with Crippen molar-refractivity contribution in [2.45, 2.75) is 81.2 Å². The minimum absolute atomic E-state index is 0.0585. The average molecular weight is 461 g/mol.